The van der Waals surface area contributed by atoms with E-state index in [0.29, 0.717) is 40.4 Å². The van der Waals surface area contributed by atoms with Gasteiger partial charge in [0.15, 0.2) is 6.10 Å². The second-order valence-electron chi connectivity index (χ2n) is 6.31. The maximum Gasteiger partial charge on any atom is 0.265 e. The molecule has 0 radical (unpaired) electrons. The zero-order valence-corrected chi connectivity index (χ0v) is 17.2. The molecule has 1 amide bonds. The number of morpholine rings is 1. The molecular formula is C20H22Cl2N2O4. The maximum atomic E-state index is 12.7. The Morgan fingerprint density at radius 3 is 2.61 bits per heavy atom. The number of nitrogens with one attached hydrogen (secondary N) is 1. The number of hydrogen-bond acceptors (Lipinski definition) is 5. The van der Waals surface area contributed by atoms with Crippen LogP contribution in [0.3, 0.4) is 0 Å². The summed E-state index contributed by atoms with van der Waals surface area (Å²) in [6.07, 6.45) is -0.762. The number of hydrogen-bond donors (Lipinski definition) is 1. The molecule has 1 fully saturated rings. The van der Waals surface area contributed by atoms with E-state index < -0.39 is 6.10 Å². The molecule has 0 saturated carbocycles. The average molecular weight is 425 g/mol. The smallest absolute Gasteiger partial charge is 0.265 e. The molecule has 0 unspecified atom stereocenters. The topological polar surface area (TPSA) is 60.0 Å². The summed E-state index contributed by atoms with van der Waals surface area (Å²) in [6, 6.07) is 10.5. The molecule has 1 heterocycles. The molecule has 6 nitrogen and oxygen atoms in total. The number of nitrogens with zero attached hydrogens (tertiary/aromatic N) is 1. The van der Waals surface area contributed by atoms with Crippen molar-refractivity contribution < 1.29 is 19.0 Å². The maximum absolute atomic E-state index is 12.7. The van der Waals surface area contributed by atoms with Crippen molar-refractivity contribution >= 4 is 40.5 Å². The van der Waals surface area contributed by atoms with Gasteiger partial charge in [-0.2, -0.15) is 0 Å². The van der Waals surface area contributed by atoms with Crippen LogP contribution in [0.15, 0.2) is 36.4 Å². The van der Waals surface area contributed by atoms with Crippen molar-refractivity contribution in [1.82, 2.24) is 0 Å². The Labute approximate surface area is 174 Å². The summed E-state index contributed by atoms with van der Waals surface area (Å²) >= 11 is 12.0. The van der Waals surface area contributed by atoms with Crippen LogP contribution in [0.5, 0.6) is 11.5 Å². The fourth-order valence-corrected chi connectivity index (χ4v) is 3.32. The van der Waals surface area contributed by atoms with Crippen LogP contribution in [0.25, 0.3) is 0 Å². The van der Waals surface area contributed by atoms with E-state index in [1.54, 1.807) is 38.3 Å². The summed E-state index contributed by atoms with van der Waals surface area (Å²) in [5.74, 6) is 0.753. The fourth-order valence-electron chi connectivity index (χ4n) is 2.87. The van der Waals surface area contributed by atoms with Crippen LogP contribution < -0.4 is 19.7 Å². The monoisotopic (exact) mass is 424 g/mol. The molecule has 1 saturated heterocycles. The van der Waals surface area contributed by atoms with Gasteiger partial charge in [0, 0.05) is 24.2 Å². The van der Waals surface area contributed by atoms with Gasteiger partial charge in [-0.3, -0.25) is 4.79 Å². The molecule has 150 valence electrons. The lowest BCUT2D eigenvalue weighted by Gasteiger charge is -2.31. The predicted octanol–water partition coefficient (Wildman–Crippen LogP) is 4.24. The normalized spacial score (nSPS) is 15.1. The molecule has 1 atom stereocenters. The summed E-state index contributed by atoms with van der Waals surface area (Å²) in [6.45, 7) is 4.46. The lowest BCUT2D eigenvalue weighted by Crippen LogP contribution is -2.37. The van der Waals surface area contributed by atoms with E-state index in [-0.39, 0.29) is 5.91 Å². The minimum absolute atomic E-state index is 0.297. The van der Waals surface area contributed by atoms with E-state index >= 15 is 0 Å². The Morgan fingerprint density at radius 1 is 1.18 bits per heavy atom. The number of methoxy groups -OCH3 is 1. The molecule has 0 bridgehead atoms. The Balaban J connectivity index is 1.76. The summed E-state index contributed by atoms with van der Waals surface area (Å²) in [5.41, 5.74) is 1.57. The molecule has 28 heavy (non-hydrogen) atoms. The summed E-state index contributed by atoms with van der Waals surface area (Å²) < 4.78 is 16.4. The zero-order valence-electron chi connectivity index (χ0n) is 15.7. The Bertz CT molecular complexity index is 841. The third-order valence-corrected chi connectivity index (χ3v) is 4.91. The van der Waals surface area contributed by atoms with Crippen molar-refractivity contribution in [3.63, 3.8) is 0 Å². The van der Waals surface area contributed by atoms with Crippen LogP contribution in [0.2, 0.25) is 10.0 Å². The van der Waals surface area contributed by atoms with Gasteiger partial charge in [-0.25, -0.2) is 0 Å². The van der Waals surface area contributed by atoms with Crippen LogP contribution in [-0.2, 0) is 9.53 Å². The van der Waals surface area contributed by atoms with Gasteiger partial charge in [0.05, 0.1) is 36.7 Å². The van der Waals surface area contributed by atoms with Gasteiger partial charge in [-0.1, -0.05) is 23.2 Å². The van der Waals surface area contributed by atoms with Gasteiger partial charge in [0.1, 0.15) is 11.5 Å². The molecule has 1 aliphatic heterocycles. The molecular weight excluding hydrogens is 403 g/mol. The molecule has 3 rings (SSSR count). The first-order valence-corrected chi connectivity index (χ1v) is 9.67. The van der Waals surface area contributed by atoms with Gasteiger partial charge >= 0.3 is 0 Å². The standard InChI is InChI=1S/C20H22Cl2N2O4/c1-13(28-19-6-3-14(21)11-16(19)22)20(25)23-17-12-15(26-2)4-5-18(17)24-7-9-27-10-8-24/h3-6,11-13H,7-10H2,1-2H3,(H,23,25)/t13-/m0/s1. The van der Waals surface area contributed by atoms with Crippen molar-refractivity contribution in [2.75, 3.05) is 43.6 Å². The first-order valence-electron chi connectivity index (χ1n) is 8.91. The average Bonchev–Trinajstić information content (AvgIpc) is 2.70. The Morgan fingerprint density at radius 2 is 1.93 bits per heavy atom. The first-order chi connectivity index (χ1) is 13.5. The number of carbonyl (C=O) groups is 1. The quantitative estimate of drug-likeness (QED) is 0.750. The summed E-state index contributed by atoms with van der Waals surface area (Å²) in [4.78, 5) is 14.9. The van der Waals surface area contributed by atoms with Crippen molar-refractivity contribution in [1.29, 1.82) is 0 Å². The van der Waals surface area contributed by atoms with Crippen LogP contribution >= 0.6 is 23.2 Å². The van der Waals surface area contributed by atoms with E-state index in [1.807, 2.05) is 12.1 Å². The van der Waals surface area contributed by atoms with Crippen LogP contribution in [-0.4, -0.2) is 45.4 Å². The minimum atomic E-state index is -0.762. The second-order valence-corrected chi connectivity index (χ2v) is 7.15. The fraction of sp³-hybridized carbons (Fsp3) is 0.350. The van der Waals surface area contributed by atoms with Gasteiger partial charge < -0.3 is 24.4 Å². The highest BCUT2D eigenvalue weighted by Gasteiger charge is 2.21. The number of amides is 1. The van der Waals surface area contributed by atoms with Crippen LogP contribution in [0, 0.1) is 0 Å². The largest absolute Gasteiger partial charge is 0.497 e. The highest BCUT2D eigenvalue weighted by Crippen LogP contribution is 2.32. The number of rotatable bonds is 6. The second kappa shape index (κ2) is 9.37. The minimum Gasteiger partial charge on any atom is -0.497 e. The van der Waals surface area contributed by atoms with Crippen molar-refractivity contribution in [3.8, 4) is 11.5 Å². The van der Waals surface area contributed by atoms with Gasteiger partial charge in [-0.05, 0) is 37.3 Å². The molecule has 2 aromatic rings. The highest BCUT2D eigenvalue weighted by molar-refractivity contribution is 6.35. The summed E-state index contributed by atoms with van der Waals surface area (Å²) in [7, 11) is 1.59. The number of ether oxygens (including phenoxy) is 3. The molecule has 0 aromatic heterocycles. The lowest BCUT2D eigenvalue weighted by atomic mass is 10.2. The zero-order chi connectivity index (χ0) is 20.1. The number of anilines is 2. The third-order valence-electron chi connectivity index (χ3n) is 4.38. The molecule has 1 aliphatic rings. The highest BCUT2D eigenvalue weighted by atomic mass is 35.5. The van der Waals surface area contributed by atoms with E-state index in [9.17, 15) is 4.79 Å². The predicted molar refractivity (Wildman–Crippen MR) is 111 cm³/mol. The number of benzene rings is 2. The summed E-state index contributed by atoms with van der Waals surface area (Å²) in [5, 5.41) is 3.79. The van der Waals surface area contributed by atoms with Crippen molar-refractivity contribution in [3.05, 3.63) is 46.4 Å². The van der Waals surface area contributed by atoms with Gasteiger partial charge in [-0.15, -0.1) is 0 Å². The Kier molecular flexibility index (Phi) is 6.88. The molecule has 2 aromatic carbocycles. The molecule has 0 spiro atoms. The number of carbonyl (C=O) groups excluding carboxylic acids is 1. The Hall–Kier alpha value is -2.15. The van der Waals surface area contributed by atoms with E-state index in [1.165, 1.54) is 0 Å². The molecule has 0 aliphatic carbocycles. The molecule has 8 heteroatoms. The first kappa shape index (κ1) is 20.6. The number of halogens is 2. The van der Waals surface area contributed by atoms with E-state index in [0.717, 1.165) is 18.8 Å². The molecule has 1 N–H and O–H groups in total. The van der Waals surface area contributed by atoms with Gasteiger partial charge in [0.2, 0.25) is 0 Å². The van der Waals surface area contributed by atoms with Crippen molar-refractivity contribution in [2.45, 2.75) is 13.0 Å². The lowest BCUT2D eigenvalue weighted by molar-refractivity contribution is -0.122. The van der Waals surface area contributed by atoms with E-state index in [4.69, 9.17) is 37.4 Å². The third kappa shape index (κ3) is 5.01. The van der Waals surface area contributed by atoms with Crippen LogP contribution in [0.4, 0.5) is 11.4 Å². The van der Waals surface area contributed by atoms with Crippen LogP contribution in [0.1, 0.15) is 6.92 Å². The van der Waals surface area contributed by atoms with Crippen molar-refractivity contribution in [2.24, 2.45) is 0 Å². The van der Waals surface area contributed by atoms with E-state index in [2.05, 4.69) is 10.2 Å². The van der Waals surface area contributed by atoms with Gasteiger partial charge in [0.25, 0.3) is 5.91 Å². The SMILES string of the molecule is COc1ccc(N2CCOCC2)c(NC(=O)[C@H](C)Oc2ccc(Cl)cc2Cl)c1.